The summed E-state index contributed by atoms with van der Waals surface area (Å²) in [6, 6.07) is 10.2. The molecule has 4 nitrogen and oxygen atoms in total. The molecule has 25 heavy (non-hydrogen) atoms. The second-order valence-corrected chi connectivity index (χ2v) is 7.50. The van der Waals surface area contributed by atoms with Crippen molar-refractivity contribution in [2.45, 2.75) is 39.2 Å². The summed E-state index contributed by atoms with van der Waals surface area (Å²) >= 11 is 1.75. The van der Waals surface area contributed by atoms with Crippen molar-refractivity contribution in [1.82, 2.24) is 14.8 Å². The molecule has 1 aromatic heterocycles. The summed E-state index contributed by atoms with van der Waals surface area (Å²) < 4.78 is 0. The molecular formula is C20H27N3OS. The molecule has 1 fully saturated rings. The average molecular weight is 358 g/mol. The van der Waals surface area contributed by atoms with Gasteiger partial charge >= 0.3 is 0 Å². The van der Waals surface area contributed by atoms with Gasteiger partial charge in [-0.15, -0.1) is 11.3 Å². The lowest BCUT2D eigenvalue weighted by molar-refractivity contribution is -0.134. The lowest BCUT2D eigenvalue weighted by Crippen LogP contribution is -2.49. The topological polar surface area (TPSA) is 36.4 Å². The zero-order chi connectivity index (χ0) is 17.6. The van der Waals surface area contributed by atoms with Gasteiger partial charge in [-0.3, -0.25) is 9.69 Å². The van der Waals surface area contributed by atoms with Crippen molar-refractivity contribution < 1.29 is 4.79 Å². The monoisotopic (exact) mass is 357 g/mol. The average Bonchev–Trinajstić information content (AvgIpc) is 3.11. The molecule has 0 spiro atoms. The molecule has 0 saturated carbocycles. The summed E-state index contributed by atoms with van der Waals surface area (Å²) in [5.41, 5.74) is 2.30. The van der Waals surface area contributed by atoms with Gasteiger partial charge in [0.05, 0.1) is 16.6 Å². The minimum Gasteiger partial charge on any atom is -0.340 e. The number of amides is 1. The van der Waals surface area contributed by atoms with Crippen molar-refractivity contribution in [2.24, 2.45) is 0 Å². The Morgan fingerprint density at radius 2 is 1.88 bits per heavy atom. The number of hydrogen-bond acceptors (Lipinski definition) is 4. The summed E-state index contributed by atoms with van der Waals surface area (Å²) in [6.07, 6.45) is 1.85. The minimum atomic E-state index is -0.0154. The lowest BCUT2D eigenvalue weighted by atomic mass is 9.95. The van der Waals surface area contributed by atoms with Crippen molar-refractivity contribution in [3.63, 3.8) is 0 Å². The molecule has 0 bridgehead atoms. The van der Waals surface area contributed by atoms with Crippen LogP contribution in [0.15, 0.2) is 35.7 Å². The van der Waals surface area contributed by atoms with Crippen LogP contribution in [0.2, 0.25) is 0 Å². The van der Waals surface area contributed by atoms with Crippen molar-refractivity contribution >= 4 is 17.2 Å². The fourth-order valence-electron chi connectivity index (χ4n) is 3.40. The maximum atomic E-state index is 12.9. The fraction of sp³-hybridized carbons (Fsp3) is 0.500. The third kappa shape index (κ3) is 4.47. The van der Waals surface area contributed by atoms with Crippen molar-refractivity contribution in [2.75, 3.05) is 26.2 Å². The SMILES string of the molecule is CCc1nc(CN2CCN(C(=O)C(CC)c3ccccc3)CC2)cs1. The van der Waals surface area contributed by atoms with Gasteiger partial charge in [-0.25, -0.2) is 4.98 Å². The van der Waals surface area contributed by atoms with E-state index < -0.39 is 0 Å². The third-order valence-corrected chi connectivity index (χ3v) is 5.92. The molecule has 2 heterocycles. The Morgan fingerprint density at radius 3 is 2.48 bits per heavy atom. The Morgan fingerprint density at radius 1 is 1.16 bits per heavy atom. The van der Waals surface area contributed by atoms with E-state index in [9.17, 15) is 4.79 Å². The van der Waals surface area contributed by atoms with Gasteiger partial charge in [-0.2, -0.15) is 0 Å². The molecule has 0 radical (unpaired) electrons. The first-order valence-electron chi connectivity index (χ1n) is 9.20. The zero-order valence-electron chi connectivity index (χ0n) is 15.1. The number of rotatable bonds is 6. The molecule has 134 valence electrons. The smallest absolute Gasteiger partial charge is 0.230 e. The molecule has 0 N–H and O–H groups in total. The first-order chi connectivity index (χ1) is 12.2. The molecule has 3 rings (SSSR count). The predicted octanol–water partition coefficient (Wildman–Crippen LogP) is 3.54. The molecule has 5 heteroatoms. The Labute approximate surface area is 154 Å². The van der Waals surface area contributed by atoms with Crippen LogP contribution in [-0.2, 0) is 17.8 Å². The Kier molecular flexibility index (Phi) is 6.21. The third-order valence-electron chi connectivity index (χ3n) is 4.88. The van der Waals surface area contributed by atoms with Crippen molar-refractivity contribution in [3.05, 3.63) is 52.0 Å². The van der Waals surface area contributed by atoms with Crippen LogP contribution >= 0.6 is 11.3 Å². The molecule has 1 aliphatic rings. The fourth-order valence-corrected chi connectivity index (χ4v) is 4.13. The van der Waals surface area contributed by atoms with E-state index in [1.54, 1.807) is 11.3 Å². The Balaban J connectivity index is 1.55. The quantitative estimate of drug-likeness (QED) is 0.793. The summed E-state index contributed by atoms with van der Waals surface area (Å²) in [5, 5.41) is 3.37. The highest BCUT2D eigenvalue weighted by Gasteiger charge is 2.27. The molecule has 1 atom stereocenters. The number of carbonyl (C=O) groups excluding carboxylic acids is 1. The second kappa shape index (κ2) is 8.59. The minimum absolute atomic E-state index is 0.0154. The van der Waals surface area contributed by atoms with Gasteiger partial charge in [-0.05, 0) is 18.4 Å². The van der Waals surface area contributed by atoms with Crippen LogP contribution in [0.3, 0.4) is 0 Å². The van der Waals surface area contributed by atoms with Crippen LogP contribution in [0, 0.1) is 0 Å². The normalized spacial score (nSPS) is 16.8. The van der Waals surface area contributed by atoms with Crippen LogP contribution in [0.1, 0.15) is 42.5 Å². The maximum absolute atomic E-state index is 12.9. The molecule has 1 amide bonds. The van der Waals surface area contributed by atoms with Gasteiger partial charge in [0.25, 0.3) is 0 Å². The number of thiazole rings is 1. The van der Waals surface area contributed by atoms with E-state index in [2.05, 4.69) is 41.2 Å². The highest BCUT2D eigenvalue weighted by Crippen LogP contribution is 2.23. The van der Waals surface area contributed by atoms with Gasteiger partial charge in [0.2, 0.25) is 5.91 Å². The zero-order valence-corrected chi connectivity index (χ0v) is 16.0. The van der Waals surface area contributed by atoms with E-state index in [4.69, 9.17) is 0 Å². The van der Waals surface area contributed by atoms with E-state index >= 15 is 0 Å². The van der Waals surface area contributed by atoms with E-state index in [1.807, 2.05) is 23.1 Å². The number of aryl methyl sites for hydroxylation is 1. The standard InChI is InChI=1S/C20H27N3OS/c1-3-18(16-8-6-5-7-9-16)20(24)23-12-10-22(11-13-23)14-17-15-25-19(4-2)21-17/h5-9,15,18H,3-4,10-14H2,1-2H3. The summed E-state index contributed by atoms with van der Waals surface area (Å²) in [4.78, 5) is 22.0. The number of hydrogen-bond donors (Lipinski definition) is 0. The first kappa shape index (κ1) is 18.1. The van der Waals surface area contributed by atoms with Crippen LogP contribution in [0.4, 0.5) is 0 Å². The molecular weight excluding hydrogens is 330 g/mol. The van der Waals surface area contributed by atoms with Gasteiger partial charge in [0, 0.05) is 38.1 Å². The number of nitrogens with zero attached hydrogens (tertiary/aromatic N) is 3. The number of aromatic nitrogens is 1. The van der Waals surface area contributed by atoms with Gasteiger partial charge in [0.1, 0.15) is 0 Å². The van der Waals surface area contributed by atoms with Crippen LogP contribution in [0.5, 0.6) is 0 Å². The van der Waals surface area contributed by atoms with Crippen molar-refractivity contribution in [3.8, 4) is 0 Å². The highest BCUT2D eigenvalue weighted by molar-refractivity contribution is 7.09. The Hall–Kier alpha value is -1.72. The van der Waals surface area contributed by atoms with Crippen LogP contribution < -0.4 is 0 Å². The van der Waals surface area contributed by atoms with Gasteiger partial charge < -0.3 is 4.90 Å². The molecule has 0 aliphatic carbocycles. The molecule has 1 saturated heterocycles. The van der Waals surface area contributed by atoms with Gasteiger partial charge in [-0.1, -0.05) is 44.2 Å². The lowest BCUT2D eigenvalue weighted by Gasteiger charge is -2.36. The van der Waals surface area contributed by atoms with E-state index in [1.165, 1.54) is 5.01 Å². The molecule has 1 aliphatic heterocycles. The van der Waals surface area contributed by atoms with Crippen molar-refractivity contribution in [1.29, 1.82) is 0 Å². The van der Waals surface area contributed by atoms with E-state index in [-0.39, 0.29) is 11.8 Å². The number of benzene rings is 1. The second-order valence-electron chi connectivity index (χ2n) is 6.56. The van der Waals surface area contributed by atoms with E-state index in [0.29, 0.717) is 0 Å². The Bertz CT molecular complexity index is 677. The number of carbonyl (C=O) groups is 1. The largest absolute Gasteiger partial charge is 0.340 e. The summed E-state index contributed by atoms with van der Waals surface area (Å²) in [7, 11) is 0. The first-order valence-corrected chi connectivity index (χ1v) is 10.1. The molecule has 2 aromatic rings. The highest BCUT2D eigenvalue weighted by atomic mass is 32.1. The summed E-state index contributed by atoms with van der Waals surface area (Å²) in [5.74, 6) is 0.258. The van der Waals surface area contributed by atoms with Crippen LogP contribution in [-0.4, -0.2) is 46.9 Å². The molecule has 1 unspecified atom stereocenters. The predicted molar refractivity (Wildman–Crippen MR) is 103 cm³/mol. The van der Waals surface area contributed by atoms with Crippen LogP contribution in [0.25, 0.3) is 0 Å². The van der Waals surface area contributed by atoms with E-state index in [0.717, 1.165) is 56.8 Å². The maximum Gasteiger partial charge on any atom is 0.230 e. The van der Waals surface area contributed by atoms with Gasteiger partial charge in [0.15, 0.2) is 0 Å². The molecule has 1 aromatic carbocycles. The number of piperazine rings is 1. The summed E-state index contributed by atoms with van der Waals surface area (Å²) in [6.45, 7) is 8.61.